The number of carbonyl (C=O) groups excluding carboxylic acids is 1. The molecule has 2 atom stereocenters. The zero-order valence-electron chi connectivity index (χ0n) is 14.8. The zero-order chi connectivity index (χ0) is 20.1. The van der Waals surface area contributed by atoms with E-state index in [2.05, 4.69) is 20.2 Å². The lowest BCUT2D eigenvalue weighted by molar-refractivity contribution is 0.0905. The average molecular weight is 421 g/mol. The Kier molecular flexibility index (Phi) is 6.40. The van der Waals surface area contributed by atoms with Gasteiger partial charge >= 0.3 is 0 Å². The van der Waals surface area contributed by atoms with Crippen LogP contribution in [0, 0.1) is 0 Å². The maximum atomic E-state index is 12.3. The highest BCUT2D eigenvalue weighted by Crippen LogP contribution is 2.23. The van der Waals surface area contributed by atoms with Crippen molar-refractivity contribution in [2.75, 3.05) is 17.6 Å². The second-order valence-electron chi connectivity index (χ2n) is 5.79. The Balaban J connectivity index is 1.72. The highest BCUT2D eigenvalue weighted by Gasteiger charge is 2.21. The highest BCUT2D eigenvalue weighted by atomic mass is 35.5. The predicted molar refractivity (Wildman–Crippen MR) is 106 cm³/mol. The maximum absolute atomic E-state index is 12.3. The van der Waals surface area contributed by atoms with Gasteiger partial charge in [0, 0.05) is 28.1 Å². The molecule has 146 valence electrons. The number of nitrogens with zero attached hydrogens (tertiary/aromatic N) is 2. The van der Waals surface area contributed by atoms with Crippen LogP contribution in [0.5, 0.6) is 0 Å². The smallest absolute Gasteiger partial charge is 0.251 e. The second-order valence-corrected chi connectivity index (χ2v) is 7.34. The second kappa shape index (κ2) is 8.96. The summed E-state index contributed by atoms with van der Waals surface area (Å²) in [6.07, 6.45) is 1.53. The van der Waals surface area contributed by atoms with E-state index in [1.165, 1.54) is 6.26 Å². The third-order valence-electron chi connectivity index (χ3n) is 3.73. The van der Waals surface area contributed by atoms with Crippen molar-refractivity contribution in [2.24, 2.45) is 0 Å². The van der Waals surface area contributed by atoms with E-state index < -0.39 is 29.5 Å². The van der Waals surface area contributed by atoms with Gasteiger partial charge in [-0.3, -0.25) is 4.79 Å². The van der Waals surface area contributed by atoms with Gasteiger partial charge in [0.2, 0.25) is 11.8 Å². The van der Waals surface area contributed by atoms with Crippen molar-refractivity contribution in [3.63, 3.8) is 0 Å². The number of benzene rings is 2. The quantitative estimate of drug-likeness (QED) is 0.540. The van der Waals surface area contributed by atoms with E-state index in [1.807, 2.05) is 0 Å². The van der Waals surface area contributed by atoms with Gasteiger partial charge in [0.25, 0.3) is 5.91 Å². The molecule has 3 aromatic rings. The van der Waals surface area contributed by atoms with Crippen molar-refractivity contribution in [3.8, 4) is 11.5 Å². The number of hydrogen-bond acceptors (Lipinski definition) is 6. The summed E-state index contributed by atoms with van der Waals surface area (Å²) in [6.45, 7) is -0.411. The zero-order valence-corrected chi connectivity index (χ0v) is 16.3. The molecule has 0 fully saturated rings. The van der Waals surface area contributed by atoms with Gasteiger partial charge in [-0.25, -0.2) is 4.21 Å². The molecule has 2 aromatic carbocycles. The van der Waals surface area contributed by atoms with Crippen LogP contribution in [-0.2, 0) is 11.0 Å². The number of aromatic nitrogens is 2. The summed E-state index contributed by atoms with van der Waals surface area (Å²) in [5.41, 5.74) is 1.72. The van der Waals surface area contributed by atoms with Gasteiger partial charge in [-0.2, -0.15) is 0 Å². The molecular weight excluding hydrogens is 404 g/mol. The fourth-order valence-electron chi connectivity index (χ4n) is 2.37. The summed E-state index contributed by atoms with van der Waals surface area (Å²) in [4.78, 5) is 12.3. The number of aliphatic hydroxyl groups excluding tert-OH is 1. The number of rotatable bonds is 7. The minimum Gasteiger partial charge on any atom is -0.418 e. The summed E-state index contributed by atoms with van der Waals surface area (Å²) < 4.78 is 19.6. The number of anilines is 1. The Morgan fingerprint density at radius 3 is 2.46 bits per heavy atom. The van der Waals surface area contributed by atoms with Crippen LogP contribution < -0.4 is 10.0 Å². The first-order chi connectivity index (χ1) is 13.5. The van der Waals surface area contributed by atoms with Gasteiger partial charge in [0.15, 0.2) is 0 Å². The van der Waals surface area contributed by atoms with E-state index in [0.717, 1.165) is 0 Å². The summed E-state index contributed by atoms with van der Waals surface area (Å²) >= 11 is 5.82. The van der Waals surface area contributed by atoms with Gasteiger partial charge in [-0.05, 0) is 48.5 Å². The first-order valence-electron chi connectivity index (χ1n) is 8.17. The number of amides is 1. The van der Waals surface area contributed by atoms with Crippen molar-refractivity contribution >= 4 is 34.2 Å². The lowest BCUT2D eigenvalue weighted by Crippen LogP contribution is -2.31. The number of halogens is 1. The van der Waals surface area contributed by atoms with E-state index in [-0.39, 0.29) is 11.8 Å². The van der Waals surface area contributed by atoms with Gasteiger partial charge in [0.1, 0.15) is 17.0 Å². The van der Waals surface area contributed by atoms with Crippen LogP contribution in [0.25, 0.3) is 11.5 Å². The third kappa shape index (κ3) is 4.94. The van der Waals surface area contributed by atoms with Crippen LogP contribution in [0.4, 0.5) is 5.69 Å². The Morgan fingerprint density at radius 1 is 1.18 bits per heavy atom. The van der Waals surface area contributed by atoms with Gasteiger partial charge in [0.05, 0.1) is 6.61 Å². The molecule has 0 spiro atoms. The number of nitrogens with one attached hydrogen (secondary N) is 2. The summed E-state index contributed by atoms with van der Waals surface area (Å²) in [7, 11) is -1.17. The third-order valence-corrected chi connectivity index (χ3v) is 4.50. The van der Waals surface area contributed by atoms with Crippen LogP contribution in [-0.4, -0.2) is 38.3 Å². The normalized spacial score (nSPS) is 13.0. The molecule has 0 radical (unpaired) electrons. The Morgan fingerprint density at radius 2 is 1.86 bits per heavy atom. The standard InChI is InChI=1S/C18H17ClN4O4S/c1-28(26)23-14-8-4-12(5-9-14)17-21-22-18(27-17)15(10-24)20-16(25)11-2-6-13(19)7-3-11/h2-9,15,23-24H,10H2,1H3,(H,20,25)/t15-,28?/m0/s1. The fourth-order valence-corrected chi connectivity index (χ4v) is 2.96. The molecule has 1 aromatic heterocycles. The maximum Gasteiger partial charge on any atom is 0.251 e. The SMILES string of the molecule is CS(=O)Nc1ccc(-c2nnc([C@H](CO)NC(=O)c3ccc(Cl)cc3)o2)cc1. The number of hydrogen-bond donors (Lipinski definition) is 3. The molecule has 1 amide bonds. The van der Waals surface area contributed by atoms with Crippen molar-refractivity contribution in [3.05, 3.63) is 65.0 Å². The molecule has 8 nitrogen and oxygen atoms in total. The molecule has 10 heteroatoms. The number of aliphatic hydroxyl groups is 1. The van der Waals surface area contributed by atoms with Gasteiger partial charge < -0.3 is 19.6 Å². The molecule has 0 saturated heterocycles. The van der Waals surface area contributed by atoms with Crippen molar-refractivity contribution in [1.29, 1.82) is 0 Å². The average Bonchev–Trinajstić information content (AvgIpc) is 3.16. The van der Waals surface area contributed by atoms with Crippen LogP contribution in [0.15, 0.2) is 52.9 Å². The Hall–Kier alpha value is -2.75. The van der Waals surface area contributed by atoms with Gasteiger partial charge in [-0.1, -0.05) is 11.6 Å². The van der Waals surface area contributed by atoms with Crippen LogP contribution in [0.2, 0.25) is 5.02 Å². The molecule has 0 bridgehead atoms. The van der Waals surface area contributed by atoms with E-state index in [0.29, 0.717) is 21.8 Å². The largest absolute Gasteiger partial charge is 0.418 e. The Labute approximate surface area is 168 Å². The van der Waals surface area contributed by atoms with Crippen LogP contribution in [0.3, 0.4) is 0 Å². The topological polar surface area (TPSA) is 117 Å². The van der Waals surface area contributed by atoms with E-state index in [9.17, 15) is 14.1 Å². The molecule has 1 unspecified atom stereocenters. The lowest BCUT2D eigenvalue weighted by atomic mass is 10.2. The molecule has 0 saturated carbocycles. The first kappa shape index (κ1) is 20.0. The lowest BCUT2D eigenvalue weighted by Gasteiger charge is -2.12. The summed E-state index contributed by atoms with van der Waals surface area (Å²) in [5, 5.41) is 20.7. The Bertz CT molecular complexity index is 976. The van der Waals surface area contributed by atoms with Crippen molar-refractivity contribution in [2.45, 2.75) is 6.04 Å². The van der Waals surface area contributed by atoms with Crippen LogP contribution in [0.1, 0.15) is 22.3 Å². The van der Waals surface area contributed by atoms with E-state index in [4.69, 9.17) is 16.0 Å². The molecule has 28 heavy (non-hydrogen) atoms. The molecule has 3 rings (SSSR count). The van der Waals surface area contributed by atoms with Crippen molar-refractivity contribution in [1.82, 2.24) is 15.5 Å². The van der Waals surface area contributed by atoms with E-state index in [1.54, 1.807) is 48.5 Å². The number of carbonyl (C=O) groups is 1. The molecule has 0 aliphatic rings. The molecule has 0 aliphatic carbocycles. The molecule has 1 heterocycles. The molecular formula is C18H17ClN4O4S. The fraction of sp³-hybridized carbons (Fsp3) is 0.167. The summed E-state index contributed by atoms with van der Waals surface area (Å²) in [5.74, 6) is -0.0894. The summed E-state index contributed by atoms with van der Waals surface area (Å²) in [6, 6.07) is 12.4. The first-order valence-corrected chi connectivity index (χ1v) is 10.1. The predicted octanol–water partition coefficient (Wildman–Crippen LogP) is 2.56. The monoisotopic (exact) mass is 420 g/mol. The molecule has 3 N–H and O–H groups in total. The highest BCUT2D eigenvalue weighted by molar-refractivity contribution is 7.85. The van der Waals surface area contributed by atoms with Crippen molar-refractivity contribution < 1.29 is 18.5 Å². The minimum absolute atomic E-state index is 0.0803. The minimum atomic E-state index is -1.17. The molecule has 0 aliphatic heterocycles. The van der Waals surface area contributed by atoms with Gasteiger partial charge in [-0.15, -0.1) is 10.2 Å². The van der Waals surface area contributed by atoms with E-state index >= 15 is 0 Å². The van der Waals surface area contributed by atoms with Crippen LogP contribution >= 0.6 is 11.6 Å².